The molecule has 2 fully saturated rings. The Hall–Kier alpha value is -0.160. The van der Waals surface area contributed by atoms with E-state index in [9.17, 15) is 0 Å². The first-order valence-electron chi connectivity index (χ1n) is 9.59. The predicted molar refractivity (Wildman–Crippen MR) is 91.9 cm³/mol. The molecule has 0 amide bonds. The fraction of sp³-hybridized carbons (Fsp3) is 1.00. The van der Waals surface area contributed by atoms with Gasteiger partial charge in [-0.3, -0.25) is 0 Å². The second-order valence-corrected chi connectivity index (χ2v) is 7.34. The number of fused-ring (bicyclic) bond motifs is 1. The van der Waals surface area contributed by atoms with Crippen molar-refractivity contribution in [3.8, 4) is 0 Å². The van der Waals surface area contributed by atoms with Gasteiger partial charge in [-0.25, -0.2) is 0 Å². The van der Waals surface area contributed by atoms with Crippen molar-refractivity contribution < 1.29 is 18.9 Å². The molecule has 0 aromatic heterocycles. The second-order valence-electron chi connectivity index (χ2n) is 7.34. The van der Waals surface area contributed by atoms with Crippen LogP contribution in [0.15, 0.2) is 0 Å². The first-order valence-corrected chi connectivity index (χ1v) is 9.59. The summed E-state index contributed by atoms with van der Waals surface area (Å²) < 4.78 is 24.4. The zero-order chi connectivity index (χ0) is 16.6. The average Bonchev–Trinajstić information content (AvgIpc) is 2.85. The summed E-state index contributed by atoms with van der Waals surface area (Å²) in [5.41, 5.74) is -0.264. The van der Waals surface area contributed by atoms with Crippen molar-refractivity contribution in [3.05, 3.63) is 0 Å². The minimum absolute atomic E-state index is 0.110. The van der Waals surface area contributed by atoms with Crippen LogP contribution in [0.4, 0.5) is 0 Å². The topological polar surface area (TPSA) is 36.9 Å². The summed E-state index contributed by atoms with van der Waals surface area (Å²) in [7, 11) is 0. The molecule has 0 aromatic rings. The molecule has 3 atom stereocenters. The fourth-order valence-corrected chi connectivity index (χ4v) is 3.92. The van der Waals surface area contributed by atoms with Crippen LogP contribution in [-0.2, 0) is 18.9 Å². The highest BCUT2D eigenvalue weighted by Gasteiger charge is 2.53. The molecular weight excluding hydrogens is 292 g/mol. The van der Waals surface area contributed by atoms with Crippen molar-refractivity contribution >= 4 is 0 Å². The van der Waals surface area contributed by atoms with E-state index in [1.807, 2.05) is 0 Å². The van der Waals surface area contributed by atoms with Gasteiger partial charge < -0.3 is 18.9 Å². The van der Waals surface area contributed by atoms with Crippen molar-refractivity contribution in [1.82, 2.24) is 0 Å². The van der Waals surface area contributed by atoms with Gasteiger partial charge in [-0.15, -0.1) is 0 Å². The van der Waals surface area contributed by atoms with Gasteiger partial charge in [0.05, 0.1) is 23.9 Å². The van der Waals surface area contributed by atoms with Gasteiger partial charge >= 0.3 is 0 Å². The molecule has 4 heteroatoms. The summed E-state index contributed by atoms with van der Waals surface area (Å²) in [5, 5.41) is 0. The van der Waals surface area contributed by atoms with E-state index in [-0.39, 0.29) is 17.3 Å². The van der Waals surface area contributed by atoms with Crippen LogP contribution in [0.3, 0.4) is 0 Å². The van der Waals surface area contributed by atoms with Gasteiger partial charge in [-0.05, 0) is 52.4 Å². The fourth-order valence-electron chi connectivity index (χ4n) is 3.92. The summed E-state index contributed by atoms with van der Waals surface area (Å²) in [5.74, 6) is 0. The molecule has 1 aliphatic carbocycles. The maximum atomic E-state index is 6.49. The van der Waals surface area contributed by atoms with Crippen molar-refractivity contribution in [3.63, 3.8) is 0 Å². The molecule has 1 saturated heterocycles. The van der Waals surface area contributed by atoms with E-state index in [0.717, 1.165) is 58.5 Å². The minimum atomic E-state index is -0.154. The van der Waals surface area contributed by atoms with Crippen LogP contribution in [0.1, 0.15) is 72.1 Å². The number of rotatable bonds is 3. The molecule has 0 radical (unpaired) electrons. The van der Waals surface area contributed by atoms with Crippen LogP contribution < -0.4 is 0 Å². The molecule has 1 heterocycles. The molecule has 136 valence electrons. The van der Waals surface area contributed by atoms with E-state index < -0.39 is 0 Å². The Morgan fingerprint density at radius 1 is 0.957 bits per heavy atom. The van der Waals surface area contributed by atoms with Gasteiger partial charge in [0.1, 0.15) is 0 Å². The van der Waals surface area contributed by atoms with E-state index >= 15 is 0 Å². The third kappa shape index (κ3) is 5.15. The second kappa shape index (κ2) is 9.36. The Bertz CT molecular complexity index is 335. The van der Waals surface area contributed by atoms with Gasteiger partial charge in [0, 0.05) is 26.4 Å². The summed E-state index contributed by atoms with van der Waals surface area (Å²) in [6.45, 7) is 10.2. The molecule has 1 saturated carbocycles. The standard InChI is InChI=1S/C19H36O4/c1-4-5-10-19-11-6-9-18(19,3)22-14-8-13-21-17(2)16-20-12-7-15-23-19/h17H,4-16H2,1-3H3. The van der Waals surface area contributed by atoms with Crippen LogP contribution in [0.2, 0.25) is 0 Å². The molecular formula is C19H36O4. The van der Waals surface area contributed by atoms with E-state index in [0.29, 0.717) is 6.61 Å². The van der Waals surface area contributed by atoms with Crippen molar-refractivity contribution in [2.24, 2.45) is 0 Å². The number of hydrogen-bond acceptors (Lipinski definition) is 4. The highest BCUT2D eigenvalue weighted by molar-refractivity contribution is 5.05. The van der Waals surface area contributed by atoms with Crippen LogP contribution in [0.5, 0.6) is 0 Å². The Morgan fingerprint density at radius 2 is 1.74 bits per heavy atom. The van der Waals surface area contributed by atoms with Gasteiger partial charge in [0.15, 0.2) is 0 Å². The predicted octanol–water partition coefficient (Wildman–Crippen LogP) is 4.11. The third-order valence-corrected chi connectivity index (χ3v) is 5.41. The molecule has 4 nitrogen and oxygen atoms in total. The van der Waals surface area contributed by atoms with Crippen LogP contribution in [0, 0.1) is 0 Å². The largest absolute Gasteiger partial charge is 0.379 e. The van der Waals surface area contributed by atoms with Crippen molar-refractivity contribution in [2.75, 3.05) is 33.0 Å². The lowest BCUT2D eigenvalue weighted by atomic mass is 9.82. The van der Waals surface area contributed by atoms with Gasteiger partial charge in [0.2, 0.25) is 0 Å². The molecule has 1 aliphatic heterocycles. The SMILES string of the molecule is CCCCC12CCCC1(C)OCCCOC(C)COCCCO2. The lowest BCUT2D eigenvalue weighted by Gasteiger charge is -2.44. The molecule has 2 rings (SSSR count). The molecule has 3 unspecified atom stereocenters. The maximum absolute atomic E-state index is 6.49. The first kappa shape index (κ1) is 19.2. The normalized spacial score (nSPS) is 38.0. The first-order chi connectivity index (χ1) is 11.1. The Kier molecular flexibility index (Phi) is 7.80. The molecule has 23 heavy (non-hydrogen) atoms. The minimum Gasteiger partial charge on any atom is -0.379 e. The lowest BCUT2D eigenvalue weighted by Crippen LogP contribution is -2.52. The van der Waals surface area contributed by atoms with Gasteiger partial charge in [-0.1, -0.05) is 19.8 Å². The van der Waals surface area contributed by atoms with Crippen LogP contribution >= 0.6 is 0 Å². The lowest BCUT2D eigenvalue weighted by molar-refractivity contribution is -0.193. The number of ether oxygens (including phenoxy) is 4. The average molecular weight is 328 g/mol. The van der Waals surface area contributed by atoms with E-state index in [4.69, 9.17) is 18.9 Å². The molecule has 0 aromatic carbocycles. The zero-order valence-corrected chi connectivity index (χ0v) is 15.4. The number of unbranched alkanes of at least 4 members (excludes halogenated alkanes) is 1. The monoisotopic (exact) mass is 328 g/mol. The summed E-state index contributed by atoms with van der Waals surface area (Å²) >= 11 is 0. The smallest absolute Gasteiger partial charge is 0.0968 e. The van der Waals surface area contributed by atoms with E-state index in [1.165, 1.54) is 19.3 Å². The van der Waals surface area contributed by atoms with E-state index in [1.54, 1.807) is 0 Å². The summed E-state index contributed by atoms with van der Waals surface area (Å²) in [6.07, 6.45) is 8.97. The Balaban J connectivity index is 2.01. The Morgan fingerprint density at radius 3 is 2.57 bits per heavy atom. The van der Waals surface area contributed by atoms with Crippen LogP contribution in [0.25, 0.3) is 0 Å². The molecule has 0 bridgehead atoms. The number of hydrogen-bond donors (Lipinski definition) is 0. The van der Waals surface area contributed by atoms with Gasteiger partial charge in [0.25, 0.3) is 0 Å². The molecule has 2 aliphatic rings. The zero-order valence-electron chi connectivity index (χ0n) is 15.4. The maximum Gasteiger partial charge on any atom is 0.0968 e. The molecule has 0 N–H and O–H groups in total. The van der Waals surface area contributed by atoms with Crippen molar-refractivity contribution in [1.29, 1.82) is 0 Å². The highest BCUT2D eigenvalue weighted by Crippen LogP contribution is 2.47. The highest BCUT2D eigenvalue weighted by atomic mass is 16.6. The Labute approximate surface area is 142 Å². The summed E-state index contributed by atoms with van der Waals surface area (Å²) in [6, 6.07) is 0. The van der Waals surface area contributed by atoms with Crippen LogP contribution in [-0.4, -0.2) is 50.3 Å². The van der Waals surface area contributed by atoms with E-state index in [2.05, 4.69) is 20.8 Å². The molecule has 0 spiro atoms. The quantitative estimate of drug-likeness (QED) is 0.781. The van der Waals surface area contributed by atoms with Gasteiger partial charge in [-0.2, -0.15) is 0 Å². The third-order valence-electron chi connectivity index (χ3n) is 5.41. The van der Waals surface area contributed by atoms with Crippen molar-refractivity contribution in [2.45, 2.75) is 89.4 Å². The summed E-state index contributed by atoms with van der Waals surface area (Å²) in [4.78, 5) is 0.